The Hall–Kier alpha value is -2.09. The van der Waals surface area contributed by atoms with Crippen molar-refractivity contribution >= 4 is 5.84 Å². The predicted molar refractivity (Wildman–Crippen MR) is 68.5 cm³/mol. The Balaban J connectivity index is 2.34. The van der Waals surface area contributed by atoms with Gasteiger partial charge in [0.05, 0.1) is 0 Å². The molecule has 2 aromatic carbocycles. The highest BCUT2D eigenvalue weighted by Crippen LogP contribution is 2.18. The highest BCUT2D eigenvalue weighted by Gasteiger charge is 1.99. The minimum Gasteiger partial charge on any atom is -0.384 e. The molecule has 2 rings (SSSR count). The van der Waals surface area contributed by atoms with Crippen molar-refractivity contribution in [2.24, 2.45) is 10.7 Å². The summed E-state index contributed by atoms with van der Waals surface area (Å²) in [5, 5.41) is 0. The van der Waals surface area contributed by atoms with E-state index in [9.17, 15) is 0 Å². The van der Waals surface area contributed by atoms with Gasteiger partial charge in [0.15, 0.2) is 0 Å². The van der Waals surface area contributed by atoms with E-state index < -0.39 is 0 Å². The van der Waals surface area contributed by atoms with Gasteiger partial charge in [0.25, 0.3) is 0 Å². The van der Waals surface area contributed by atoms with E-state index in [0.29, 0.717) is 5.84 Å². The van der Waals surface area contributed by atoms with E-state index in [-0.39, 0.29) is 0 Å². The third kappa shape index (κ3) is 2.11. The largest absolute Gasteiger partial charge is 0.384 e. The van der Waals surface area contributed by atoms with E-state index >= 15 is 0 Å². The second kappa shape index (κ2) is 4.62. The zero-order valence-corrected chi connectivity index (χ0v) is 9.22. The van der Waals surface area contributed by atoms with Crippen molar-refractivity contribution in [1.29, 1.82) is 0 Å². The van der Waals surface area contributed by atoms with Crippen LogP contribution in [0.15, 0.2) is 59.6 Å². The summed E-state index contributed by atoms with van der Waals surface area (Å²) in [5.74, 6) is 0.569. The zero-order valence-electron chi connectivity index (χ0n) is 9.22. The van der Waals surface area contributed by atoms with Gasteiger partial charge in [0, 0.05) is 12.6 Å². The van der Waals surface area contributed by atoms with Crippen LogP contribution in [0.25, 0.3) is 11.1 Å². The number of hydrogen-bond donors (Lipinski definition) is 1. The first-order valence-electron chi connectivity index (χ1n) is 5.19. The Bertz CT molecular complexity index is 484. The highest BCUT2D eigenvalue weighted by atomic mass is 14.8. The van der Waals surface area contributed by atoms with Gasteiger partial charge in [-0.1, -0.05) is 54.6 Å². The molecule has 0 heterocycles. The number of rotatable bonds is 2. The van der Waals surface area contributed by atoms with Gasteiger partial charge >= 0.3 is 0 Å². The van der Waals surface area contributed by atoms with Crippen molar-refractivity contribution in [3.05, 3.63) is 60.2 Å². The van der Waals surface area contributed by atoms with Crippen LogP contribution < -0.4 is 5.73 Å². The smallest absolute Gasteiger partial charge is 0.125 e. The Morgan fingerprint density at radius 3 is 2.00 bits per heavy atom. The van der Waals surface area contributed by atoms with Crippen LogP contribution in [-0.2, 0) is 0 Å². The third-order valence-electron chi connectivity index (χ3n) is 2.53. The van der Waals surface area contributed by atoms with Crippen LogP contribution in [0.2, 0.25) is 0 Å². The van der Waals surface area contributed by atoms with Crippen LogP contribution in [0.1, 0.15) is 5.56 Å². The van der Waals surface area contributed by atoms with Gasteiger partial charge < -0.3 is 5.73 Å². The lowest BCUT2D eigenvalue weighted by atomic mass is 10.0. The van der Waals surface area contributed by atoms with Gasteiger partial charge in [0.2, 0.25) is 0 Å². The summed E-state index contributed by atoms with van der Waals surface area (Å²) >= 11 is 0. The fourth-order valence-electron chi connectivity index (χ4n) is 1.59. The number of aliphatic imine (C=N–C) groups is 1. The monoisotopic (exact) mass is 210 g/mol. The molecule has 0 spiro atoms. The Morgan fingerprint density at radius 1 is 0.875 bits per heavy atom. The average molecular weight is 210 g/mol. The molecule has 80 valence electrons. The first-order valence-corrected chi connectivity index (χ1v) is 5.19. The first kappa shape index (κ1) is 10.4. The number of nitrogens with zero attached hydrogens (tertiary/aromatic N) is 1. The molecule has 2 N–H and O–H groups in total. The van der Waals surface area contributed by atoms with E-state index in [4.69, 9.17) is 5.73 Å². The molecule has 2 heteroatoms. The molecule has 0 radical (unpaired) electrons. The molecule has 0 aliphatic heterocycles. The number of amidine groups is 1. The number of nitrogens with two attached hydrogens (primary N) is 1. The summed E-state index contributed by atoms with van der Waals surface area (Å²) in [7, 11) is 1.69. The van der Waals surface area contributed by atoms with E-state index in [2.05, 4.69) is 29.3 Å². The lowest BCUT2D eigenvalue weighted by Crippen LogP contribution is -2.12. The zero-order chi connectivity index (χ0) is 11.4. The van der Waals surface area contributed by atoms with Gasteiger partial charge in [-0.3, -0.25) is 4.99 Å². The first-order chi connectivity index (χ1) is 7.81. The molecular weight excluding hydrogens is 196 g/mol. The van der Waals surface area contributed by atoms with E-state index in [1.54, 1.807) is 7.05 Å². The molecule has 0 unspecified atom stereocenters. The minimum absolute atomic E-state index is 0.569. The van der Waals surface area contributed by atoms with Crippen molar-refractivity contribution in [2.45, 2.75) is 0 Å². The van der Waals surface area contributed by atoms with Crippen LogP contribution in [-0.4, -0.2) is 12.9 Å². The topological polar surface area (TPSA) is 38.4 Å². The molecule has 16 heavy (non-hydrogen) atoms. The summed E-state index contributed by atoms with van der Waals surface area (Å²) in [4.78, 5) is 3.96. The second-order valence-electron chi connectivity index (χ2n) is 3.55. The molecule has 2 nitrogen and oxygen atoms in total. The van der Waals surface area contributed by atoms with Crippen LogP contribution in [0.5, 0.6) is 0 Å². The summed E-state index contributed by atoms with van der Waals surface area (Å²) in [6, 6.07) is 18.4. The summed E-state index contributed by atoms with van der Waals surface area (Å²) in [6.07, 6.45) is 0. The van der Waals surface area contributed by atoms with Crippen LogP contribution in [0, 0.1) is 0 Å². The van der Waals surface area contributed by atoms with Crippen molar-refractivity contribution in [3.63, 3.8) is 0 Å². The highest BCUT2D eigenvalue weighted by molar-refractivity contribution is 5.97. The SMILES string of the molecule is CN=C(N)c1ccc(-c2ccccc2)cc1. The molecule has 0 saturated heterocycles. The fraction of sp³-hybridized carbons (Fsp3) is 0.0714. The molecule has 0 bridgehead atoms. The standard InChI is InChI=1S/C14H14N2/c1-16-14(15)13-9-7-12(8-10-13)11-5-3-2-4-6-11/h2-10H,1H3,(H2,15,16). The number of hydrogen-bond acceptors (Lipinski definition) is 1. The van der Waals surface area contributed by atoms with E-state index in [1.807, 2.05) is 30.3 Å². The molecule has 0 aliphatic rings. The normalized spacial score (nSPS) is 11.4. The van der Waals surface area contributed by atoms with Gasteiger partial charge in [-0.15, -0.1) is 0 Å². The molecular formula is C14H14N2. The van der Waals surface area contributed by atoms with Crippen LogP contribution >= 0.6 is 0 Å². The fourth-order valence-corrected chi connectivity index (χ4v) is 1.59. The van der Waals surface area contributed by atoms with Gasteiger partial charge in [-0.2, -0.15) is 0 Å². The molecule has 0 atom stereocenters. The predicted octanol–water partition coefficient (Wildman–Crippen LogP) is 2.69. The Kier molecular flexibility index (Phi) is 3.01. The number of benzene rings is 2. The summed E-state index contributed by atoms with van der Waals surface area (Å²) in [5.41, 5.74) is 9.09. The molecule has 0 amide bonds. The second-order valence-corrected chi connectivity index (χ2v) is 3.55. The summed E-state index contributed by atoms with van der Waals surface area (Å²) in [6.45, 7) is 0. The lowest BCUT2D eigenvalue weighted by molar-refractivity contribution is 1.39. The maximum atomic E-state index is 5.73. The van der Waals surface area contributed by atoms with Gasteiger partial charge in [-0.25, -0.2) is 0 Å². The lowest BCUT2D eigenvalue weighted by Gasteiger charge is -2.03. The van der Waals surface area contributed by atoms with Crippen LogP contribution in [0.4, 0.5) is 0 Å². The third-order valence-corrected chi connectivity index (χ3v) is 2.53. The Labute approximate surface area is 95.5 Å². The van der Waals surface area contributed by atoms with Crippen molar-refractivity contribution < 1.29 is 0 Å². The average Bonchev–Trinajstić information content (AvgIpc) is 2.39. The van der Waals surface area contributed by atoms with Crippen molar-refractivity contribution in [3.8, 4) is 11.1 Å². The Morgan fingerprint density at radius 2 is 1.44 bits per heavy atom. The maximum absolute atomic E-state index is 5.73. The van der Waals surface area contributed by atoms with E-state index in [1.165, 1.54) is 11.1 Å². The van der Waals surface area contributed by atoms with Crippen LogP contribution in [0.3, 0.4) is 0 Å². The molecule has 0 aliphatic carbocycles. The van der Waals surface area contributed by atoms with Gasteiger partial charge in [-0.05, 0) is 11.1 Å². The molecule has 0 saturated carbocycles. The minimum atomic E-state index is 0.569. The van der Waals surface area contributed by atoms with Gasteiger partial charge in [0.1, 0.15) is 5.84 Å². The molecule has 0 fully saturated rings. The maximum Gasteiger partial charge on any atom is 0.125 e. The van der Waals surface area contributed by atoms with E-state index in [0.717, 1.165) is 5.56 Å². The molecule has 0 aromatic heterocycles. The quantitative estimate of drug-likeness (QED) is 0.600. The van der Waals surface area contributed by atoms with Crippen molar-refractivity contribution in [2.75, 3.05) is 7.05 Å². The summed E-state index contributed by atoms with van der Waals surface area (Å²) < 4.78 is 0. The molecule has 2 aromatic rings. The van der Waals surface area contributed by atoms with Crippen molar-refractivity contribution in [1.82, 2.24) is 0 Å².